The van der Waals surface area contributed by atoms with Gasteiger partial charge in [-0.25, -0.2) is 4.39 Å². The normalized spacial score (nSPS) is 28.1. The lowest BCUT2D eigenvalue weighted by atomic mass is 9.72. The Morgan fingerprint density at radius 2 is 1.95 bits per heavy atom. The molecule has 0 radical (unpaired) electrons. The van der Waals surface area contributed by atoms with Crippen LogP contribution in [0.5, 0.6) is 0 Å². The molecule has 0 aromatic heterocycles. The second kappa shape index (κ2) is 6.45. The van der Waals surface area contributed by atoms with Crippen LogP contribution in [-0.2, 0) is 0 Å². The zero-order valence-corrected chi connectivity index (χ0v) is 12.7. The van der Waals surface area contributed by atoms with E-state index in [9.17, 15) is 9.50 Å². The van der Waals surface area contributed by atoms with Gasteiger partial charge < -0.3 is 10.4 Å². The molecule has 1 aromatic carbocycles. The number of aliphatic hydroxyl groups excluding tert-OH is 1. The van der Waals surface area contributed by atoms with Crippen molar-refractivity contribution in [2.45, 2.75) is 56.9 Å². The van der Waals surface area contributed by atoms with Gasteiger partial charge in [-0.2, -0.15) is 0 Å². The van der Waals surface area contributed by atoms with E-state index in [1.165, 1.54) is 25.3 Å². The van der Waals surface area contributed by atoms with Crippen molar-refractivity contribution in [3.05, 3.63) is 35.6 Å². The van der Waals surface area contributed by atoms with Crippen LogP contribution in [0.25, 0.3) is 0 Å². The molecule has 0 spiro atoms. The van der Waals surface area contributed by atoms with Gasteiger partial charge in [-0.3, -0.25) is 0 Å². The third kappa shape index (κ3) is 3.46. The molecule has 0 atom stereocenters. The van der Waals surface area contributed by atoms with E-state index >= 15 is 0 Å². The van der Waals surface area contributed by atoms with Crippen LogP contribution >= 0.6 is 0 Å². The van der Waals surface area contributed by atoms with Crippen LogP contribution in [0.15, 0.2) is 24.3 Å². The number of nitrogens with one attached hydrogen (secondary N) is 1. The summed E-state index contributed by atoms with van der Waals surface area (Å²) in [4.78, 5) is 0. The summed E-state index contributed by atoms with van der Waals surface area (Å²) in [6.07, 6.45) is 8.29. The molecule has 0 bridgehead atoms. The third-order valence-electron chi connectivity index (χ3n) is 5.47. The highest BCUT2D eigenvalue weighted by Gasteiger charge is 2.35. The summed E-state index contributed by atoms with van der Waals surface area (Å²) in [5, 5.41) is 13.4. The Balaban J connectivity index is 1.46. The number of hydrogen-bond donors (Lipinski definition) is 2. The lowest BCUT2D eigenvalue weighted by Gasteiger charge is -2.41. The van der Waals surface area contributed by atoms with Crippen molar-refractivity contribution >= 4 is 0 Å². The molecule has 0 saturated heterocycles. The molecule has 116 valence electrons. The Labute approximate surface area is 126 Å². The molecule has 2 fully saturated rings. The average molecular weight is 291 g/mol. The van der Waals surface area contributed by atoms with Gasteiger partial charge in [-0.1, -0.05) is 31.4 Å². The lowest BCUT2D eigenvalue weighted by molar-refractivity contribution is 0.0731. The molecule has 1 aromatic rings. The van der Waals surface area contributed by atoms with Crippen molar-refractivity contribution in [1.29, 1.82) is 0 Å². The van der Waals surface area contributed by atoms with E-state index in [1.807, 2.05) is 6.07 Å². The van der Waals surface area contributed by atoms with Crippen molar-refractivity contribution < 1.29 is 9.50 Å². The number of hydrogen-bond acceptors (Lipinski definition) is 2. The maximum atomic E-state index is 13.2. The molecule has 2 N–H and O–H groups in total. The minimum absolute atomic E-state index is 0.113. The predicted molar refractivity (Wildman–Crippen MR) is 82.8 cm³/mol. The molecule has 2 aliphatic carbocycles. The van der Waals surface area contributed by atoms with Crippen LogP contribution in [0, 0.1) is 11.2 Å². The highest BCUT2D eigenvalue weighted by atomic mass is 19.1. The Kier molecular flexibility index (Phi) is 4.60. The van der Waals surface area contributed by atoms with Gasteiger partial charge >= 0.3 is 0 Å². The van der Waals surface area contributed by atoms with Gasteiger partial charge in [-0.05, 0) is 49.3 Å². The van der Waals surface area contributed by atoms with Gasteiger partial charge in [0.2, 0.25) is 0 Å². The van der Waals surface area contributed by atoms with E-state index in [4.69, 9.17) is 0 Å². The quantitative estimate of drug-likeness (QED) is 0.868. The maximum absolute atomic E-state index is 13.2. The van der Waals surface area contributed by atoms with Crippen LogP contribution in [0.4, 0.5) is 4.39 Å². The summed E-state index contributed by atoms with van der Waals surface area (Å²) in [7, 11) is 0. The highest BCUT2D eigenvalue weighted by Crippen LogP contribution is 2.39. The number of aliphatic hydroxyl groups is 1. The Bertz CT molecular complexity index is 464. The first-order valence-corrected chi connectivity index (χ1v) is 8.30. The Hall–Kier alpha value is -0.930. The number of benzene rings is 1. The van der Waals surface area contributed by atoms with E-state index in [2.05, 4.69) is 5.32 Å². The molecular formula is C18H26FNO. The maximum Gasteiger partial charge on any atom is 0.123 e. The SMILES string of the molecule is OCC1(CNC2CC(c3cccc(F)c3)C2)CCCCC1. The Morgan fingerprint density at radius 3 is 2.62 bits per heavy atom. The molecule has 3 rings (SSSR count). The van der Waals surface area contributed by atoms with Gasteiger partial charge in [0.1, 0.15) is 5.82 Å². The van der Waals surface area contributed by atoms with E-state index in [1.54, 1.807) is 12.1 Å². The first kappa shape index (κ1) is 15.0. The predicted octanol–water partition coefficient (Wildman–Crippen LogP) is 3.60. The van der Waals surface area contributed by atoms with Crippen molar-refractivity contribution in [3.8, 4) is 0 Å². The molecule has 0 amide bonds. The fourth-order valence-corrected chi connectivity index (χ4v) is 3.87. The van der Waals surface area contributed by atoms with Gasteiger partial charge in [0.05, 0.1) is 0 Å². The Morgan fingerprint density at radius 1 is 1.19 bits per heavy atom. The molecule has 2 aliphatic rings. The molecule has 2 nitrogen and oxygen atoms in total. The van der Waals surface area contributed by atoms with Crippen LogP contribution in [0.3, 0.4) is 0 Å². The highest BCUT2D eigenvalue weighted by molar-refractivity contribution is 5.23. The van der Waals surface area contributed by atoms with E-state index in [0.717, 1.165) is 37.8 Å². The summed E-state index contributed by atoms with van der Waals surface area (Å²) in [6.45, 7) is 1.24. The van der Waals surface area contributed by atoms with Crippen molar-refractivity contribution in [2.75, 3.05) is 13.2 Å². The van der Waals surface area contributed by atoms with E-state index in [0.29, 0.717) is 18.6 Å². The van der Waals surface area contributed by atoms with Crippen molar-refractivity contribution in [3.63, 3.8) is 0 Å². The van der Waals surface area contributed by atoms with Crippen LogP contribution in [0.2, 0.25) is 0 Å². The van der Waals surface area contributed by atoms with Gasteiger partial charge in [-0.15, -0.1) is 0 Å². The second-order valence-electron chi connectivity index (χ2n) is 7.02. The van der Waals surface area contributed by atoms with Crippen LogP contribution in [-0.4, -0.2) is 24.3 Å². The van der Waals surface area contributed by atoms with Crippen molar-refractivity contribution in [1.82, 2.24) is 5.32 Å². The van der Waals surface area contributed by atoms with Crippen LogP contribution < -0.4 is 5.32 Å². The number of rotatable bonds is 5. The summed E-state index contributed by atoms with van der Waals surface area (Å²) < 4.78 is 13.2. The van der Waals surface area contributed by atoms with Gasteiger partial charge in [0, 0.05) is 24.6 Å². The minimum atomic E-state index is -0.134. The largest absolute Gasteiger partial charge is 0.396 e. The molecular weight excluding hydrogens is 265 g/mol. The van der Waals surface area contributed by atoms with Gasteiger partial charge in [0.25, 0.3) is 0 Å². The van der Waals surface area contributed by atoms with E-state index < -0.39 is 0 Å². The number of halogens is 1. The molecule has 2 saturated carbocycles. The summed E-state index contributed by atoms with van der Waals surface area (Å²) in [6, 6.07) is 7.53. The molecule has 0 heterocycles. The fourth-order valence-electron chi connectivity index (χ4n) is 3.87. The third-order valence-corrected chi connectivity index (χ3v) is 5.47. The first-order valence-electron chi connectivity index (χ1n) is 8.30. The zero-order chi connectivity index (χ0) is 14.7. The lowest BCUT2D eigenvalue weighted by Crippen LogP contribution is -2.47. The smallest absolute Gasteiger partial charge is 0.123 e. The van der Waals surface area contributed by atoms with E-state index in [-0.39, 0.29) is 11.2 Å². The molecule has 0 aliphatic heterocycles. The summed E-state index contributed by atoms with van der Waals surface area (Å²) >= 11 is 0. The molecule has 0 unspecified atom stereocenters. The fraction of sp³-hybridized carbons (Fsp3) is 0.667. The summed E-state index contributed by atoms with van der Waals surface area (Å²) in [5.74, 6) is 0.361. The average Bonchev–Trinajstić information content (AvgIpc) is 2.47. The standard InChI is InChI=1S/C18H26FNO/c19-16-6-4-5-14(9-16)15-10-17(11-15)20-12-18(13-21)7-2-1-3-8-18/h4-6,9,15,17,20-21H,1-3,7-8,10-13H2. The second-order valence-corrected chi connectivity index (χ2v) is 7.02. The van der Waals surface area contributed by atoms with Gasteiger partial charge in [0.15, 0.2) is 0 Å². The summed E-state index contributed by atoms with van der Waals surface area (Å²) in [5.41, 5.74) is 1.24. The zero-order valence-electron chi connectivity index (χ0n) is 12.7. The topological polar surface area (TPSA) is 32.3 Å². The first-order chi connectivity index (χ1) is 10.2. The monoisotopic (exact) mass is 291 g/mol. The molecule has 21 heavy (non-hydrogen) atoms. The molecule has 3 heteroatoms. The minimum Gasteiger partial charge on any atom is -0.396 e. The van der Waals surface area contributed by atoms with Crippen LogP contribution in [0.1, 0.15) is 56.4 Å². The van der Waals surface area contributed by atoms with Crippen molar-refractivity contribution in [2.24, 2.45) is 5.41 Å².